The summed E-state index contributed by atoms with van der Waals surface area (Å²) in [5.41, 5.74) is 6.16. The van der Waals surface area contributed by atoms with Gasteiger partial charge < -0.3 is 15.6 Å². The molecule has 0 aromatic heterocycles. The molecule has 1 rings (SSSR count). The number of nitrogens with two attached hydrogens (primary N) is 1. The third-order valence-corrected chi connectivity index (χ3v) is 3.04. The number of alkyl halides is 3. The Morgan fingerprint density at radius 3 is 2.56 bits per heavy atom. The fraction of sp³-hybridized carbons (Fsp3) is 0.455. The standard InChI is InChI=1S/C11H13BrF3NO2/c1-18-9-5-6(4-7(12)10(9)17)8(16)2-3-11(13,14)15/h4-5,8,17H,2-3,16H2,1H3/t8-/m0/s1. The molecule has 1 aromatic rings. The lowest BCUT2D eigenvalue weighted by molar-refractivity contribution is -0.136. The molecule has 102 valence electrons. The van der Waals surface area contributed by atoms with Crippen LogP contribution >= 0.6 is 15.9 Å². The first-order valence-electron chi connectivity index (χ1n) is 5.13. The van der Waals surface area contributed by atoms with E-state index < -0.39 is 18.6 Å². The summed E-state index contributed by atoms with van der Waals surface area (Å²) in [6.45, 7) is 0. The molecule has 0 bridgehead atoms. The number of rotatable bonds is 4. The Labute approximate surface area is 111 Å². The quantitative estimate of drug-likeness (QED) is 0.889. The highest BCUT2D eigenvalue weighted by Gasteiger charge is 2.28. The van der Waals surface area contributed by atoms with Crippen molar-refractivity contribution in [2.75, 3.05) is 7.11 Å². The zero-order valence-corrected chi connectivity index (χ0v) is 11.2. The van der Waals surface area contributed by atoms with Gasteiger partial charge in [0.05, 0.1) is 11.6 Å². The van der Waals surface area contributed by atoms with E-state index in [0.717, 1.165) is 0 Å². The van der Waals surface area contributed by atoms with Crippen LogP contribution in [0.3, 0.4) is 0 Å². The predicted octanol–water partition coefficient (Wildman–Crippen LogP) is 3.51. The fourth-order valence-corrected chi connectivity index (χ4v) is 1.91. The van der Waals surface area contributed by atoms with Gasteiger partial charge in [0.1, 0.15) is 0 Å². The Morgan fingerprint density at radius 2 is 2.06 bits per heavy atom. The summed E-state index contributed by atoms with van der Waals surface area (Å²) < 4.78 is 41.5. The van der Waals surface area contributed by atoms with Crippen LogP contribution in [0.2, 0.25) is 0 Å². The zero-order chi connectivity index (χ0) is 13.9. The first kappa shape index (κ1) is 15.1. The molecule has 0 radical (unpaired) electrons. The van der Waals surface area contributed by atoms with E-state index >= 15 is 0 Å². The van der Waals surface area contributed by atoms with Crippen LogP contribution in [0.15, 0.2) is 16.6 Å². The lowest BCUT2D eigenvalue weighted by Crippen LogP contribution is -2.15. The van der Waals surface area contributed by atoms with Crippen molar-refractivity contribution >= 4 is 15.9 Å². The minimum absolute atomic E-state index is 0.107. The predicted molar refractivity (Wildman–Crippen MR) is 64.6 cm³/mol. The van der Waals surface area contributed by atoms with Crippen molar-refractivity contribution < 1.29 is 23.0 Å². The highest BCUT2D eigenvalue weighted by atomic mass is 79.9. The van der Waals surface area contributed by atoms with Crippen LogP contribution < -0.4 is 10.5 Å². The van der Waals surface area contributed by atoms with Gasteiger partial charge in [0.2, 0.25) is 0 Å². The molecule has 0 amide bonds. The van der Waals surface area contributed by atoms with Crippen molar-refractivity contribution in [2.24, 2.45) is 5.73 Å². The molecule has 0 unspecified atom stereocenters. The molecule has 3 nitrogen and oxygen atoms in total. The van der Waals surface area contributed by atoms with Gasteiger partial charge in [-0.2, -0.15) is 13.2 Å². The fourth-order valence-electron chi connectivity index (χ4n) is 1.45. The Balaban J connectivity index is 2.86. The average molecular weight is 328 g/mol. The van der Waals surface area contributed by atoms with Crippen molar-refractivity contribution in [3.63, 3.8) is 0 Å². The van der Waals surface area contributed by atoms with Gasteiger partial charge in [-0.05, 0) is 40.0 Å². The maximum atomic E-state index is 12.1. The van der Waals surface area contributed by atoms with Crippen molar-refractivity contribution in [2.45, 2.75) is 25.1 Å². The van der Waals surface area contributed by atoms with E-state index in [0.29, 0.717) is 10.0 Å². The Kier molecular flexibility index (Phi) is 4.86. The van der Waals surface area contributed by atoms with Crippen molar-refractivity contribution in [3.8, 4) is 11.5 Å². The number of ether oxygens (including phenoxy) is 1. The van der Waals surface area contributed by atoms with Crippen LogP contribution in [-0.2, 0) is 0 Å². The summed E-state index contributed by atoms with van der Waals surface area (Å²) in [6.07, 6.45) is -5.39. The third-order valence-electron chi connectivity index (χ3n) is 2.44. The molecule has 18 heavy (non-hydrogen) atoms. The van der Waals surface area contributed by atoms with Gasteiger partial charge in [0.25, 0.3) is 0 Å². The number of phenolic OH excluding ortho intramolecular Hbond substituents is 1. The lowest BCUT2D eigenvalue weighted by atomic mass is 10.0. The van der Waals surface area contributed by atoms with Gasteiger partial charge in [0.15, 0.2) is 11.5 Å². The van der Waals surface area contributed by atoms with Crippen LogP contribution in [0.1, 0.15) is 24.4 Å². The van der Waals surface area contributed by atoms with Crippen molar-refractivity contribution in [3.05, 3.63) is 22.2 Å². The molecule has 1 aromatic carbocycles. The van der Waals surface area contributed by atoms with Crippen LogP contribution in [0.5, 0.6) is 11.5 Å². The molecule has 0 aliphatic heterocycles. The smallest absolute Gasteiger partial charge is 0.389 e. The maximum absolute atomic E-state index is 12.1. The third kappa shape index (κ3) is 4.06. The first-order chi connectivity index (χ1) is 8.24. The number of methoxy groups -OCH3 is 1. The monoisotopic (exact) mass is 327 g/mol. The number of hydrogen-bond acceptors (Lipinski definition) is 3. The van der Waals surface area contributed by atoms with Gasteiger partial charge in [0, 0.05) is 12.5 Å². The molecule has 0 aliphatic rings. The van der Waals surface area contributed by atoms with Crippen LogP contribution in [0.25, 0.3) is 0 Å². The topological polar surface area (TPSA) is 55.5 Å². The normalized spacial score (nSPS) is 13.4. The summed E-state index contributed by atoms with van der Waals surface area (Å²) in [7, 11) is 1.35. The van der Waals surface area contributed by atoms with Gasteiger partial charge in [-0.1, -0.05) is 0 Å². The number of phenols is 1. The van der Waals surface area contributed by atoms with Gasteiger partial charge in [-0.25, -0.2) is 0 Å². The Hall–Kier alpha value is -0.950. The molecule has 0 fully saturated rings. The van der Waals surface area contributed by atoms with Crippen LogP contribution in [0, 0.1) is 0 Å². The van der Waals surface area contributed by atoms with E-state index in [1.165, 1.54) is 19.2 Å². The minimum Gasteiger partial charge on any atom is -0.503 e. The highest BCUT2D eigenvalue weighted by molar-refractivity contribution is 9.10. The largest absolute Gasteiger partial charge is 0.503 e. The van der Waals surface area contributed by atoms with Crippen molar-refractivity contribution in [1.29, 1.82) is 0 Å². The lowest BCUT2D eigenvalue weighted by Gasteiger charge is -2.16. The van der Waals surface area contributed by atoms with E-state index in [4.69, 9.17) is 10.5 Å². The SMILES string of the molecule is COc1cc([C@@H](N)CCC(F)(F)F)cc(Br)c1O. The van der Waals surface area contributed by atoms with Gasteiger partial charge >= 0.3 is 6.18 Å². The molecule has 0 aliphatic carbocycles. The molecule has 0 saturated heterocycles. The number of halogens is 4. The summed E-state index contributed by atoms with van der Waals surface area (Å²) in [6, 6.07) is 2.15. The zero-order valence-electron chi connectivity index (χ0n) is 9.59. The molecule has 0 spiro atoms. The molecular weight excluding hydrogens is 315 g/mol. The van der Waals surface area contributed by atoms with E-state index in [2.05, 4.69) is 15.9 Å². The van der Waals surface area contributed by atoms with Crippen LogP contribution in [-0.4, -0.2) is 18.4 Å². The summed E-state index contributed by atoms with van der Waals surface area (Å²) in [4.78, 5) is 0. The van der Waals surface area contributed by atoms with Crippen molar-refractivity contribution in [1.82, 2.24) is 0 Å². The van der Waals surface area contributed by atoms with Crippen LogP contribution in [0.4, 0.5) is 13.2 Å². The second-order valence-corrected chi connectivity index (χ2v) is 4.67. The number of benzene rings is 1. The molecule has 0 saturated carbocycles. The second kappa shape index (κ2) is 5.79. The summed E-state index contributed by atoms with van der Waals surface area (Å²) in [5, 5.41) is 9.57. The number of hydrogen-bond donors (Lipinski definition) is 2. The summed E-state index contributed by atoms with van der Waals surface area (Å²) >= 11 is 3.09. The highest BCUT2D eigenvalue weighted by Crippen LogP contribution is 2.37. The van der Waals surface area contributed by atoms with Gasteiger partial charge in [-0.3, -0.25) is 0 Å². The Bertz CT molecular complexity index is 423. The second-order valence-electron chi connectivity index (χ2n) is 3.81. The van der Waals surface area contributed by atoms with E-state index in [1.54, 1.807) is 0 Å². The van der Waals surface area contributed by atoms with E-state index in [-0.39, 0.29) is 17.9 Å². The Morgan fingerprint density at radius 1 is 1.44 bits per heavy atom. The number of aromatic hydroxyl groups is 1. The van der Waals surface area contributed by atoms with E-state index in [1.807, 2.05) is 0 Å². The molecule has 0 heterocycles. The molecule has 1 atom stereocenters. The average Bonchev–Trinajstić information content (AvgIpc) is 2.28. The first-order valence-corrected chi connectivity index (χ1v) is 5.92. The molecule has 7 heteroatoms. The molecule has 3 N–H and O–H groups in total. The minimum atomic E-state index is -4.23. The summed E-state index contributed by atoms with van der Waals surface area (Å²) in [5.74, 6) is 0.0612. The maximum Gasteiger partial charge on any atom is 0.389 e. The van der Waals surface area contributed by atoms with E-state index in [9.17, 15) is 18.3 Å². The molecular formula is C11H13BrF3NO2. The van der Waals surface area contributed by atoms with Gasteiger partial charge in [-0.15, -0.1) is 0 Å².